The Labute approximate surface area is 118 Å². The molecule has 0 fully saturated rings. The maximum atomic E-state index is 5.56. The fourth-order valence-corrected chi connectivity index (χ4v) is 2.27. The number of thioether (sulfide) groups is 1. The van der Waals surface area contributed by atoms with Crippen LogP contribution < -0.4 is 5.32 Å². The first kappa shape index (κ1) is 14.2. The molecule has 3 nitrogen and oxygen atoms in total. The highest BCUT2D eigenvalue weighted by molar-refractivity contribution is 7.98. The van der Waals surface area contributed by atoms with E-state index in [1.165, 1.54) is 10.5 Å². The average Bonchev–Trinajstić information content (AvgIpc) is 2.75. The molecule has 4 heteroatoms. The largest absolute Gasteiger partial charge is 0.444 e. The van der Waals surface area contributed by atoms with Crippen LogP contribution in [0.25, 0.3) is 0 Å². The van der Waals surface area contributed by atoms with Gasteiger partial charge in [0, 0.05) is 10.9 Å². The number of rotatable bonds is 5. The molecule has 0 radical (unpaired) electrons. The SMILES string of the molecule is CSc1ccc(C(C)NCc2nc(C)c(C)o2)cc1. The summed E-state index contributed by atoms with van der Waals surface area (Å²) in [5.41, 5.74) is 2.24. The van der Waals surface area contributed by atoms with Crippen molar-refractivity contribution in [1.29, 1.82) is 0 Å². The zero-order valence-electron chi connectivity index (χ0n) is 11.9. The molecule has 19 heavy (non-hydrogen) atoms. The van der Waals surface area contributed by atoms with Crippen molar-refractivity contribution in [2.45, 2.75) is 38.3 Å². The van der Waals surface area contributed by atoms with Crippen LogP contribution in [0.4, 0.5) is 0 Å². The maximum Gasteiger partial charge on any atom is 0.208 e. The third-order valence-electron chi connectivity index (χ3n) is 3.25. The van der Waals surface area contributed by atoms with Crippen molar-refractivity contribution >= 4 is 11.8 Å². The molecule has 0 bridgehead atoms. The quantitative estimate of drug-likeness (QED) is 0.841. The highest BCUT2D eigenvalue weighted by Gasteiger charge is 2.09. The molecule has 2 rings (SSSR count). The van der Waals surface area contributed by atoms with Crippen LogP contribution >= 0.6 is 11.8 Å². The van der Waals surface area contributed by atoms with Crippen molar-refractivity contribution in [3.05, 3.63) is 47.2 Å². The molecule has 2 aromatic rings. The molecular formula is C15H20N2OS. The van der Waals surface area contributed by atoms with E-state index >= 15 is 0 Å². The lowest BCUT2D eigenvalue weighted by Crippen LogP contribution is -2.18. The molecular weight excluding hydrogens is 256 g/mol. The van der Waals surface area contributed by atoms with Gasteiger partial charge in [-0.1, -0.05) is 12.1 Å². The van der Waals surface area contributed by atoms with E-state index < -0.39 is 0 Å². The second kappa shape index (κ2) is 6.26. The fourth-order valence-electron chi connectivity index (χ4n) is 1.87. The van der Waals surface area contributed by atoms with E-state index in [2.05, 4.69) is 47.7 Å². The lowest BCUT2D eigenvalue weighted by molar-refractivity contribution is 0.432. The van der Waals surface area contributed by atoms with Crippen molar-refractivity contribution in [1.82, 2.24) is 10.3 Å². The number of oxazole rings is 1. The highest BCUT2D eigenvalue weighted by atomic mass is 32.2. The van der Waals surface area contributed by atoms with Crippen LogP contribution in [0.5, 0.6) is 0 Å². The van der Waals surface area contributed by atoms with E-state index in [-0.39, 0.29) is 6.04 Å². The summed E-state index contributed by atoms with van der Waals surface area (Å²) in [6.07, 6.45) is 2.09. The Hall–Kier alpha value is -1.26. The predicted octanol–water partition coefficient (Wildman–Crippen LogP) is 3.86. The van der Waals surface area contributed by atoms with Crippen LogP contribution in [-0.4, -0.2) is 11.2 Å². The summed E-state index contributed by atoms with van der Waals surface area (Å²) in [6.45, 7) is 6.71. The molecule has 1 aromatic carbocycles. The van der Waals surface area contributed by atoms with Crippen LogP contribution in [0.3, 0.4) is 0 Å². The minimum Gasteiger partial charge on any atom is -0.444 e. The van der Waals surface area contributed by atoms with Gasteiger partial charge in [-0.2, -0.15) is 0 Å². The standard InChI is InChI=1S/C15H20N2OS/c1-10-12(3)18-15(17-10)9-16-11(2)13-5-7-14(19-4)8-6-13/h5-8,11,16H,9H2,1-4H3. The average molecular weight is 276 g/mol. The second-order valence-electron chi connectivity index (χ2n) is 4.62. The van der Waals surface area contributed by atoms with Gasteiger partial charge in [-0.25, -0.2) is 4.98 Å². The molecule has 1 heterocycles. The first-order chi connectivity index (χ1) is 9.10. The third-order valence-corrected chi connectivity index (χ3v) is 3.99. The van der Waals surface area contributed by atoms with Crippen molar-refractivity contribution in [3.8, 4) is 0 Å². The van der Waals surface area contributed by atoms with E-state index in [9.17, 15) is 0 Å². The van der Waals surface area contributed by atoms with Crippen LogP contribution in [-0.2, 0) is 6.54 Å². The van der Waals surface area contributed by atoms with Gasteiger partial charge in [0.2, 0.25) is 5.89 Å². The highest BCUT2D eigenvalue weighted by Crippen LogP contribution is 2.19. The summed E-state index contributed by atoms with van der Waals surface area (Å²) in [5, 5.41) is 3.43. The van der Waals surface area contributed by atoms with E-state index in [1.54, 1.807) is 11.8 Å². The molecule has 1 unspecified atom stereocenters. The number of benzene rings is 1. The molecule has 0 amide bonds. The van der Waals surface area contributed by atoms with Gasteiger partial charge in [0.25, 0.3) is 0 Å². The van der Waals surface area contributed by atoms with Crippen molar-refractivity contribution in [2.75, 3.05) is 6.26 Å². The molecule has 1 aromatic heterocycles. The Bertz CT molecular complexity index is 514. The molecule has 0 saturated carbocycles. The minimum atomic E-state index is 0.281. The number of hydrogen-bond acceptors (Lipinski definition) is 4. The van der Waals surface area contributed by atoms with Gasteiger partial charge in [0.1, 0.15) is 5.76 Å². The van der Waals surface area contributed by atoms with Crippen molar-refractivity contribution in [3.63, 3.8) is 0 Å². The van der Waals surface area contributed by atoms with Crippen molar-refractivity contribution in [2.24, 2.45) is 0 Å². The summed E-state index contributed by atoms with van der Waals surface area (Å²) in [5.74, 6) is 1.65. The Balaban J connectivity index is 1.94. The zero-order valence-corrected chi connectivity index (χ0v) is 12.7. The molecule has 0 spiro atoms. The topological polar surface area (TPSA) is 38.1 Å². The number of hydrogen-bond donors (Lipinski definition) is 1. The molecule has 102 valence electrons. The van der Waals surface area contributed by atoms with E-state index in [4.69, 9.17) is 4.42 Å². The molecule has 0 aliphatic carbocycles. The summed E-state index contributed by atoms with van der Waals surface area (Å²) in [4.78, 5) is 5.66. The molecule has 0 aliphatic heterocycles. The second-order valence-corrected chi connectivity index (χ2v) is 5.50. The smallest absolute Gasteiger partial charge is 0.208 e. The summed E-state index contributed by atoms with van der Waals surface area (Å²) < 4.78 is 5.56. The van der Waals surface area contributed by atoms with Gasteiger partial charge in [-0.15, -0.1) is 11.8 Å². The maximum absolute atomic E-state index is 5.56. The first-order valence-corrected chi connectivity index (χ1v) is 7.63. The lowest BCUT2D eigenvalue weighted by Gasteiger charge is -2.13. The van der Waals surface area contributed by atoms with E-state index in [1.807, 2.05) is 13.8 Å². The van der Waals surface area contributed by atoms with Gasteiger partial charge in [0.05, 0.1) is 12.2 Å². The Morgan fingerprint density at radius 2 is 1.95 bits per heavy atom. The number of nitrogens with one attached hydrogen (secondary N) is 1. The lowest BCUT2D eigenvalue weighted by atomic mass is 10.1. The van der Waals surface area contributed by atoms with Gasteiger partial charge in [0.15, 0.2) is 0 Å². The van der Waals surface area contributed by atoms with Gasteiger partial charge in [-0.05, 0) is 44.7 Å². The number of aryl methyl sites for hydroxylation is 2. The zero-order chi connectivity index (χ0) is 13.8. The Kier molecular flexibility index (Phi) is 4.66. The third kappa shape index (κ3) is 3.61. The molecule has 0 saturated heterocycles. The van der Waals surface area contributed by atoms with Crippen LogP contribution in [0.15, 0.2) is 33.6 Å². The van der Waals surface area contributed by atoms with Crippen LogP contribution in [0.1, 0.15) is 35.9 Å². The first-order valence-electron chi connectivity index (χ1n) is 6.40. The van der Waals surface area contributed by atoms with E-state index in [0.29, 0.717) is 6.54 Å². The molecule has 1 atom stereocenters. The van der Waals surface area contributed by atoms with Crippen molar-refractivity contribution < 1.29 is 4.42 Å². The minimum absolute atomic E-state index is 0.281. The fraction of sp³-hybridized carbons (Fsp3) is 0.400. The summed E-state index contributed by atoms with van der Waals surface area (Å²) in [7, 11) is 0. The predicted molar refractivity (Wildman–Crippen MR) is 79.5 cm³/mol. The van der Waals surface area contributed by atoms with Gasteiger partial charge in [-0.3, -0.25) is 0 Å². The number of nitrogens with zero attached hydrogens (tertiary/aromatic N) is 1. The normalized spacial score (nSPS) is 12.6. The Morgan fingerprint density at radius 1 is 1.26 bits per heavy atom. The molecule has 0 aliphatic rings. The summed E-state index contributed by atoms with van der Waals surface area (Å²) >= 11 is 1.76. The van der Waals surface area contributed by atoms with Crippen LogP contribution in [0.2, 0.25) is 0 Å². The van der Waals surface area contributed by atoms with E-state index in [0.717, 1.165) is 17.3 Å². The Morgan fingerprint density at radius 3 is 2.47 bits per heavy atom. The van der Waals surface area contributed by atoms with Gasteiger partial charge < -0.3 is 9.73 Å². The van der Waals surface area contributed by atoms with Gasteiger partial charge >= 0.3 is 0 Å². The number of aromatic nitrogens is 1. The van der Waals surface area contributed by atoms with Crippen LogP contribution in [0, 0.1) is 13.8 Å². The molecule has 1 N–H and O–H groups in total. The monoisotopic (exact) mass is 276 g/mol. The summed E-state index contributed by atoms with van der Waals surface area (Å²) in [6, 6.07) is 8.91.